The van der Waals surface area contributed by atoms with Gasteiger partial charge in [-0.2, -0.15) is 5.11 Å². The second-order valence-electron chi connectivity index (χ2n) is 8.73. The van der Waals surface area contributed by atoms with Crippen molar-refractivity contribution in [2.75, 3.05) is 6.61 Å². The zero-order valence-electron chi connectivity index (χ0n) is 20.1. The van der Waals surface area contributed by atoms with E-state index in [1.807, 2.05) is 24.3 Å². The van der Waals surface area contributed by atoms with Crippen LogP contribution in [0.3, 0.4) is 0 Å². The van der Waals surface area contributed by atoms with Gasteiger partial charge in [0.1, 0.15) is 11.4 Å². The summed E-state index contributed by atoms with van der Waals surface area (Å²) in [6, 6.07) is 18.6. The van der Waals surface area contributed by atoms with Crippen molar-refractivity contribution in [2.24, 2.45) is 10.2 Å². The SMILES string of the molecule is CCCCCCCCCCCOc1ccc2ccccc2c1N=Nc1cccc(C)c1C. The van der Waals surface area contributed by atoms with Crippen LogP contribution in [0.15, 0.2) is 64.8 Å². The number of hydrogen-bond acceptors (Lipinski definition) is 3. The molecule has 0 aliphatic rings. The molecule has 3 aromatic carbocycles. The highest BCUT2D eigenvalue weighted by atomic mass is 16.5. The van der Waals surface area contributed by atoms with Gasteiger partial charge in [-0.1, -0.05) is 101 Å². The average Bonchev–Trinajstić information content (AvgIpc) is 2.81. The number of unbranched alkanes of at least 4 members (excludes halogenated alkanes) is 8. The van der Waals surface area contributed by atoms with Gasteiger partial charge in [-0.3, -0.25) is 0 Å². The molecule has 170 valence electrons. The Kier molecular flexibility index (Phi) is 9.74. The summed E-state index contributed by atoms with van der Waals surface area (Å²) in [7, 11) is 0. The number of fused-ring (bicyclic) bond motifs is 1. The van der Waals surface area contributed by atoms with Crippen molar-refractivity contribution >= 4 is 22.1 Å². The maximum atomic E-state index is 6.19. The summed E-state index contributed by atoms with van der Waals surface area (Å²) in [4.78, 5) is 0. The van der Waals surface area contributed by atoms with Gasteiger partial charge in [0.05, 0.1) is 12.3 Å². The molecule has 32 heavy (non-hydrogen) atoms. The van der Waals surface area contributed by atoms with Crippen LogP contribution in [0.25, 0.3) is 10.8 Å². The van der Waals surface area contributed by atoms with E-state index in [0.29, 0.717) is 0 Å². The molecule has 3 aromatic rings. The third-order valence-electron chi connectivity index (χ3n) is 6.20. The van der Waals surface area contributed by atoms with Gasteiger partial charge in [0.25, 0.3) is 0 Å². The monoisotopic (exact) mass is 430 g/mol. The van der Waals surface area contributed by atoms with Crippen molar-refractivity contribution in [3.63, 3.8) is 0 Å². The molecule has 3 heteroatoms. The first-order chi connectivity index (χ1) is 15.7. The van der Waals surface area contributed by atoms with Crippen LogP contribution < -0.4 is 4.74 Å². The molecule has 0 amide bonds. The van der Waals surface area contributed by atoms with Crippen LogP contribution in [-0.2, 0) is 0 Å². The van der Waals surface area contributed by atoms with Crippen LogP contribution in [-0.4, -0.2) is 6.61 Å². The predicted octanol–water partition coefficient (Wildman–Crippen LogP) is 9.78. The Morgan fingerprint density at radius 1 is 0.688 bits per heavy atom. The zero-order valence-corrected chi connectivity index (χ0v) is 20.1. The third-order valence-corrected chi connectivity index (χ3v) is 6.20. The lowest BCUT2D eigenvalue weighted by atomic mass is 10.1. The first-order valence-electron chi connectivity index (χ1n) is 12.3. The standard InChI is InChI=1S/C29H38N2O/c1-4-5-6-7-8-9-10-11-14-22-32-28-21-20-25-17-12-13-18-26(25)29(28)31-30-27-19-15-16-23(2)24(27)3/h12-13,15-21H,4-11,14,22H2,1-3H3. The van der Waals surface area contributed by atoms with Crippen LogP contribution in [0.1, 0.15) is 75.8 Å². The molecule has 0 aliphatic carbocycles. The Morgan fingerprint density at radius 2 is 1.41 bits per heavy atom. The second-order valence-corrected chi connectivity index (χ2v) is 8.73. The van der Waals surface area contributed by atoms with Gasteiger partial charge < -0.3 is 4.74 Å². The Hall–Kier alpha value is -2.68. The average molecular weight is 431 g/mol. The second kappa shape index (κ2) is 13.0. The number of hydrogen-bond donors (Lipinski definition) is 0. The Labute approximate surface area is 193 Å². The van der Waals surface area contributed by atoms with Gasteiger partial charge in [0, 0.05) is 5.39 Å². The van der Waals surface area contributed by atoms with E-state index in [1.165, 1.54) is 56.9 Å². The van der Waals surface area contributed by atoms with Crippen molar-refractivity contribution in [1.29, 1.82) is 0 Å². The van der Waals surface area contributed by atoms with Crippen molar-refractivity contribution in [3.8, 4) is 5.75 Å². The molecule has 0 spiro atoms. The zero-order chi connectivity index (χ0) is 22.6. The van der Waals surface area contributed by atoms with Gasteiger partial charge in [-0.25, -0.2) is 0 Å². The molecule has 0 heterocycles. The number of azo groups is 1. The lowest BCUT2D eigenvalue weighted by Gasteiger charge is -2.11. The van der Waals surface area contributed by atoms with E-state index in [2.05, 4.69) is 61.3 Å². The summed E-state index contributed by atoms with van der Waals surface area (Å²) >= 11 is 0. The minimum absolute atomic E-state index is 0.722. The molecule has 0 saturated carbocycles. The molecule has 3 nitrogen and oxygen atoms in total. The number of ether oxygens (including phenoxy) is 1. The summed E-state index contributed by atoms with van der Waals surface area (Å²) in [6.07, 6.45) is 11.8. The van der Waals surface area contributed by atoms with Crippen molar-refractivity contribution in [2.45, 2.75) is 78.6 Å². The molecule has 0 unspecified atom stereocenters. The van der Waals surface area contributed by atoms with Crippen LogP contribution in [0.5, 0.6) is 5.75 Å². The predicted molar refractivity (Wildman–Crippen MR) is 137 cm³/mol. The van der Waals surface area contributed by atoms with Crippen LogP contribution in [0, 0.1) is 13.8 Å². The number of nitrogens with zero attached hydrogens (tertiary/aromatic N) is 2. The number of rotatable bonds is 13. The van der Waals surface area contributed by atoms with Gasteiger partial charge in [0.2, 0.25) is 0 Å². The third kappa shape index (κ3) is 6.91. The summed E-state index contributed by atoms with van der Waals surface area (Å²) in [6.45, 7) is 7.19. The van der Waals surface area contributed by atoms with E-state index >= 15 is 0 Å². The molecule has 0 fully saturated rings. The lowest BCUT2D eigenvalue weighted by Crippen LogP contribution is -1.98. The normalized spacial score (nSPS) is 11.5. The fourth-order valence-corrected chi connectivity index (χ4v) is 4.00. The van der Waals surface area contributed by atoms with E-state index in [-0.39, 0.29) is 0 Å². The highest BCUT2D eigenvalue weighted by Crippen LogP contribution is 2.37. The van der Waals surface area contributed by atoms with Crippen LogP contribution >= 0.6 is 0 Å². The number of benzene rings is 3. The molecule has 0 bridgehead atoms. The van der Waals surface area contributed by atoms with Gasteiger partial charge in [-0.05, 0) is 48.9 Å². The van der Waals surface area contributed by atoms with Gasteiger partial charge in [-0.15, -0.1) is 5.11 Å². The van der Waals surface area contributed by atoms with E-state index in [0.717, 1.165) is 46.5 Å². The smallest absolute Gasteiger partial charge is 0.147 e. The van der Waals surface area contributed by atoms with Crippen LogP contribution in [0.4, 0.5) is 11.4 Å². The summed E-state index contributed by atoms with van der Waals surface area (Å²) < 4.78 is 6.19. The minimum Gasteiger partial charge on any atom is -0.491 e. The fraction of sp³-hybridized carbons (Fsp3) is 0.448. The Bertz CT molecular complexity index is 1010. The van der Waals surface area contributed by atoms with E-state index in [9.17, 15) is 0 Å². The largest absolute Gasteiger partial charge is 0.491 e. The maximum absolute atomic E-state index is 6.19. The van der Waals surface area contributed by atoms with Gasteiger partial charge in [0.15, 0.2) is 0 Å². The van der Waals surface area contributed by atoms with E-state index < -0.39 is 0 Å². The van der Waals surface area contributed by atoms with E-state index in [1.54, 1.807) is 0 Å². The highest BCUT2D eigenvalue weighted by molar-refractivity contribution is 5.95. The molecule has 0 N–H and O–H groups in total. The van der Waals surface area contributed by atoms with Crippen LogP contribution in [0.2, 0.25) is 0 Å². The summed E-state index contributed by atoms with van der Waals surface area (Å²) in [5.74, 6) is 0.817. The lowest BCUT2D eigenvalue weighted by molar-refractivity contribution is 0.305. The van der Waals surface area contributed by atoms with Crippen molar-refractivity contribution < 1.29 is 4.74 Å². The van der Waals surface area contributed by atoms with E-state index in [4.69, 9.17) is 4.74 Å². The Balaban J connectivity index is 1.62. The molecule has 0 radical (unpaired) electrons. The number of aryl methyl sites for hydroxylation is 1. The minimum atomic E-state index is 0.722. The molecular weight excluding hydrogens is 392 g/mol. The molecule has 0 aliphatic heterocycles. The maximum Gasteiger partial charge on any atom is 0.147 e. The highest BCUT2D eigenvalue weighted by Gasteiger charge is 2.09. The van der Waals surface area contributed by atoms with Crippen molar-refractivity contribution in [1.82, 2.24) is 0 Å². The quantitative estimate of drug-likeness (QED) is 0.196. The van der Waals surface area contributed by atoms with Gasteiger partial charge >= 0.3 is 0 Å². The summed E-state index contributed by atoms with van der Waals surface area (Å²) in [5.41, 5.74) is 4.11. The molecule has 0 saturated heterocycles. The Morgan fingerprint density at radius 3 is 2.19 bits per heavy atom. The topological polar surface area (TPSA) is 34.0 Å². The van der Waals surface area contributed by atoms with Crippen molar-refractivity contribution in [3.05, 3.63) is 65.7 Å². The first kappa shape index (κ1) is 24.0. The fourth-order valence-electron chi connectivity index (χ4n) is 4.00. The molecular formula is C29H38N2O. The molecule has 0 atom stereocenters. The first-order valence-corrected chi connectivity index (χ1v) is 12.3. The molecule has 0 aromatic heterocycles. The molecule has 3 rings (SSSR count). The summed E-state index contributed by atoms with van der Waals surface area (Å²) in [5, 5.41) is 11.5.